The van der Waals surface area contributed by atoms with Crippen LogP contribution in [0.1, 0.15) is 35.3 Å². The van der Waals surface area contributed by atoms with Gasteiger partial charge in [0.1, 0.15) is 0 Å². The quantitative estimate of drug-likeness (QED) is 0.380. The van der Waals surface area contributed by atoms with Crippen molar-refractivity contribution in [3.8, 4) is 0 Å². The van der Waals surface area contributed by atoms with Crippen molar-refractivity contribution < 1.29 is 18.0 Å². The number of nitrogens with zero attached hydrogens (tertiary/aromatic N) is 2. The molecule has 176 valence electrons. The van der Waals surface area contributed by atoms with E-state index in [0.717, 1.165) is 17.4 Å². The first-order valence-corrected chi connectivity index (χ1v) is 12.3. The van der Waals surface area contributed by atoms with Crippen LogP contribution in [0.5, 0.6) is 0 Å². The standard InChI is InChI=1S/C25H26N4O4S/c1-18(22-10-7-11-23(16-22)26-19(2)30)27-28-25(31)21-12-14-24(15-13-21)29(34(3,32)33)17-20-8-5-4-6-9-20/h4-16H,17H2,1-3H3,(H,26,30)(H,28,31)/b27-18-. The Morgan fingerprint density at radius 2 is 1.56 bits per heavy atom. The fraction of sp³-hybridized carbons (Fsp3) is 0.160. The number of hydrogen-bond donors (Lipinski definition) is 2. The Kier molecular flexibility index (Phi) is 7.80. The van der Waals surface area contributed by atoms with E-state index in [1.807, 2.05) is 36.4 Å². The third-order valence-electron chi connectivity index (χ3n) is 4.91. The SMILES string of the molecule is CC(=O)Nc1cccc(/C(C)=N\NC(=O)c2ccc(N(Cc3ccccc3)S(C)(=O)=O)cc2)c1. The summed E-state index contributed by atoms with van der Waals surface area (Å²) in [5.41, 5.74) is 6.08. The van der Waals surface area contributed by atoms with Crippen molar-refractivity contribution in [1.29, 1.82) is 0 Å². The van der Waals surface area contributed by atoms with Crippen LogP contribution in [0.3, 0.4) is 0 Å². The zero-order valence-corrected chi connectivity index (χ0v) is 20.0. The van der Waals surface area contributed by atoms with Crippen LogP contribution in [-0.4, -0.2) is 32.2 Å². The van der Waals surface area contributed by atoms with Gasteiger partial charge in [0.25, 0.3) is 5.91 Å². The van der Waals surface area contributed by atoms with Crippen molar-refractivity contribution in [2.75, 3.05) is 15.9 Å². The lowest BCUT2D eigenvalue weighted by atomic mass is 10.1. The summed E-state index contributed by atoms with van der Waals surface area (Å²) >= 11 is 0. The van der Waals surface area contributed by atoms with Gasteiger partial charge in [-0.2, -0.15) is 5.10 Å². The van der Waals surface area contributed by atoms with E-state index >= 15 is 0 Å². The third-order valence-corrected chi connectivity index (χ3v) is 6.05. The average molecular weight is 479 g/mol. The molecule has 3 aromatic rings. The second kappa shape index (κ2) is 10.8. The summed E-state index contributed by atoms with van der Waals surface area (Å²) in [6.45, 7) is 3.35. The van der Waals surface area contributed by atoms with Crippen LogP contribution >= 0.6 is 0 Å². The maximum Gasteiger partial charge on any atom is 0.271 e. The normalized spacial score (nSPS) is 11.6. The molecule has 0 radical (unpaired) electrons. The molecule has 34 heavy (non-hydrogen) atoms. The first kappa shape index (κ1) is 24.7. The summed E-state index contributed by atoms with van der Waals surface area (Å²) in [7, 11) is -3.53. The number of anilines is 2. The van der Waals surface area contributed by atoms with Crippen molar-refractivity contribution >= 4 is 38.9 Å². The molecule has 0 saturated heterocycles. The van der Waals surface area contributed by atoms with Gasteiger partial charge in [0, 0.05) is 18.2 Å². The second-order valence-electron chi connectivity index (χ2n) is 7.70. The molecule has 0 atom stereocenters. The van der Waals surface area contributed by atoms with Gasteiger partial charge >= 0.3 is 0 Å². The third kappa shape index (κ3) is 6.76. The second-order valence-corrected chi connectivity index (χ2v) is 9.61. The van der Waals surface area contributed by atoms with Crippen LogP contribution in [0.15, 0.2) is 84.0 Å². The number of hydrogen-bond acceptors (Lipinski definition) is 5. The highest BCUT2D eigenvalue weighted by Gasteiger charge is 2.18. The Morgan fingerprint density at radius 3 is 2.18 bits per heavy atom. The molecular formula is C25H26N4O4S. The number of benzene rings is 3. The van der Waals surface area contributed by atoms with Crippen LogP contribution < -0.4 is 15.0 Å². The summed E-state index contributed by atoms with van der Waals surface area (Å²) in [6, 6.07) is 22.7. The minimum atomic E-state index is -3.53. The lowest BCUT2D eigenvalue weighted by Gasteiger charge is -2.22. The topological polar surface area (TPSA) is 108 Å². The first-order valence-electron chi connectivity index (χ1n) is 10.5. The first-order chi connectivity index (χ1) is 16.1. The van der Waals surface area contributed by atoms with E-state index < -0.39 is 15.9 Å². The maximum atomic E-state index is 12.6. The number of hydrazone groups is 1. The van der Waals surface area contributed by atoms with Gasteiger partial charge in [0.15, 0.2) is 0 Å². The van der Waals surface area contributed by atoms with E-state index in [0.29, 0.717) is 22.6 Å². The fourth-order valence-corrected chi connectivity index (χ4v) is 4.11. The van der Waals surface area contributed by atoms with Crippen LogP contribution in [0.4, 0.5) is 11.4 Å². The molecular weight excluding hydrogens is 452 g/mol. The van der Waals surface area contributed by atoms with Gasteiger partial charge in [0.05, 0.1) is 24.2 Å². The highest BCUT2D eigenvalue weighted by molar-refractivity contribution is 7.92. The highest BCUT2D eigenvalue weighted by atomic mass is 32.2. The summed E-state index contributed by atoms with van der Waals surface area (Å²) in [4.78, 5) is 23.8. The smallest absolute Gasteiger partial charge is 0.271 e. The summed E-state index contributed by atoms with van der Waals surface area (Å²) in [6.07, 6.45) is 1.15. The Hall–Kier alpha value is -3.98. The highest BCUT2D eigenvalue weighted by Crippen LogP contribution is 2.21. The summed E-state index contributed by atoms with van der Waals surface area (Å²) in [5.74, 6) is -0.612. The van der Waals surface area contributed by atoms with Gasteiger partial charge in [-0.05, 0) is 54.4 Å². The van der Waals surface area contributed by atoms with E-state index in [2.05, 4.69) is 15.8 Å². The molecule has 9 heteroatoms. The zero-order valence-electron chi connectivity index (χ0n) is 19.1. The van der Waals surface area contributed by atoms with E-state index in [9.17, 15) is 18.0 Å². The Balaban J connectivity index is 1.72. The van der Waals surface area contributed by atoms with E-state index in [1.54, 1.807) is 49.4 Å². The predicted molar refractivity (Wildman–Crippen MR) is 134 cm³/mol. The number of rotatable bonds is 8. The van der Waals surface area contributed by atoms with Gasteiger partial charge in [-0.15, -0.1) is 0 Å². The molecule has 0 heterocycles. The zero-order chi connectivity index (χ0) is 24.7. The fourth-order valence-electron chi connectivity index (χ4n) is 3.22. The molecule has 0 bridgehead atoms. The molecule has 2 N–H and O–H groups in total. The maximum absolute atomic E-state index is 12.6. The molecule has 0 saturated carbocycles. The Labute approximate surface area is 199 Å². The van der Waals surface area contributed by atoms with Crippen LogP contribution in [0.2, 0.25) is 0 Å². The Bertz CT molecular complexity index is 1300. The molecule has 8 nitrogen and oxygen atoms in total. The minimum absolute atomic E-state index is 0.179. The molecule has 3 aromatic carbocycles. The molecule has 0 spiro atoms. The number of nitrogens with one attached hydrogen (secondary N) is 2. The number of amides is 2. The van der Waals surface area contributed by atoms with Crippen LogP contribution in [0.25, 0.3) is 0 Å². The molecule has 0 aromatic heterocycles. The molecule has 2 amide bonds. The number of carbonyl (C=O) groups excluding carboxylic acids is 2. The lowest BCUT2D eigenvalue weighted by molar-refractivity contribution is -0.114. The van der Waals surface area contributed by atoms with Crippen molar-refractivity contribution in [1.82, 2.24) is 5.43 Å². The van der Waals surface area contributed by atoms with Crippen molar-refractivity contribution in [3.05, 3.63) is 95.6 Å². The summed E-state index contributed by atoms with van der Waals surface area (Å²) < 4.78 is 26.0. The molecule has 0 aliphatic carbocycles. The van der Waals surface area contributed by atoms with E-state index in [-0.39, 0.29) is 12.5 Å². The monoisotopic (exact) mass is 478 g/mol. The Morgan fingerprint density at radius 1 is 0.882 bits per heavy atom. The predicted octanol–water partition coefficient (Wildman–Crippen LogP) is 3.77. The molecule has 0 aliphatic rings. The van der Waals surface area contributed by atoms with E-state index in [4.69, 9.17) is 0 Å². The average Bonchev–Trinajstić information content (AvgIpc) is 2.80. The summed E-state index contributed by atoms with van der Waals surface area (Å²) in [5, 5.41) is 6.84. The molecule has 0 fully saturated rings. The van der Waals surface area contributed by atoms with Gasteiger partial charge in [-0.3, -0.25) is 13.9 Å². The lowest BCUT2D eigenvalue weighted by Crippen LogP contribution is -2.29. The van der Waals surface area contributed by atoms with Gasteiger partial charge in [0.2, 0.25) is 15.9 Å². The van der Waals surface area contributed by atoms with Crippen molar-refractivity contribution in [2.45, 2.75) is 20.4 Å². The van der Waals surface area contributed by atoms with Crippen molar-refractivity contribution in [3.63, 3.8) is 0 Å². The van der Waals surface area contributed by atoms with E-state index in [1.165, 1.54) is 11.2 Å². The molecule has 0 aliphatic heterocycles. The largest absolute Gasteiger partial charge is 0.326 e. The molecule has 3 rings (SSSR count). The van der Waals surface area contributed by atoms with Gasteiger partial charge in [-0.25, -0.2) is 13.8 Å². The number of sulfonamides is 1. The molecule has 0 unspecified atom stereocenters. The minimum Gasteiger partial charge on any atom is -0.326 e. The number of carbonyl (C=O) groups is 2. The van der Waals surface area contributed by atoms with Crippen molar-refractivity contribution in [2.24, 2.45) is 5.10 Å². The van der Waals surface area contributed by atoms with Gasteiger partial charge < -0.3 is 5.32 Å². The van der Waals surface area contributed by atoms with Crippen LogP contribution in [0, 0.1) is 0 Å². The van der Waals surface area contributed by atoms with Gasteiger partial charge in [-0.1, -0.05) is 42.5 Å². The van der Waals surface area contributed by atoms with Crippen LogP contribution in [-0.2, 0) is 21.4 Å².